The van der Waals surface area contributed by atoms with Gasteiger partial charge in [0.15, 0.2) is 0 Å². The highest BCUT2D eigenvalue weighted by atomic mass is 16.3. The molecule has 0 rings (SSSR count). The van der Waals surface area contributed by atoms with Crippen molar-refractivity contribution in [1.29, 1.82) is 0 Å². The second-order valence-corrected chi connectivity index (χ2v) is 17.2. The largest absolute Gasteiger partial charge is 0.394 e. The van der Waals surface area contributed by atoms with E-state index in [1.807, 2.05) is 0 Å². The molecule has 4 heteroatoms. The van der Waals surface area contributed by atoms with Gasteiger partial charge in [-0.2, -0.15) is 0 Å². The topological polar surface area (TPSA) is 69.6 Å². The van der Waals surface area contributed by atoms with Crippen molar-refractivity contribution >= 4 is 5.91 Å². The average molecular weight is 810 g/mol. The van der Waals surface area contributed by atoms with Gasteiger partial charge < -0.3 is 15.5 Å². The lowest BCUT2D eigenvalue weighted by atomic mass is 10.0. The lowest BCUT2D eigenvalue weighted by molar-refractivity contribution is -0.123. The Morgan fingerprint density at radius 1 is 0.431 bits per heavy atom. The van der Waals surface area contributed by atoms with Crippen LogP contribution in [0, 0.1) is 0 Å². The minimum Gasteiger partial charge on any atom is -0.394 e. The Hall–Kier alpha value is -1.91. The summed E-state index contributed by atoms with van der Waals surface area (Å²) in [6.07, 6.45) is 68.9. The van der Waals surface area contributed by atoms with Gasteiger partial charge in [-0.25, -0.2) is 0 Å². The molecule has 0 aliphatic heterocycles. The molecule has 338 valence electrons. The fourth-order valence-electron chi connectivity index (χ4n) is 7.68. The van der Waals surface area contributed by atoms with E-state index in [1.165, 1.54) is 173 Å². The SMILES string of the molecule is CC/C=C\C/C=C\C/C=C\C/C=C\C/C=C\CCCCCCCCCCCCCCCC(=O)NC(CO)C(O)CCCCCCCCCCCCCCCCCCC. The second kappa shape index (κ2) is 49.5. The van der Waals surface area contributed by atoms with E-state index in [4.69, 9.17) is 0 Å². The summed E-state index contributed by atoms with van der Waals surface area (Å²) in [7, 11) is 0. The summed E-state index contributed by atoms with van der Waals surface area (Å²) in [4.78, 5) is 12.5. The fourth-order valence-corrected chi connectivity index (χ4v) is 7.68. The molecular weight excluding hydrogens is 711 g/mol. The number of amides is 1. The highest BCUT2D eigenvalue weighted by Crippen LogP contribution is 2.16. The van der Waals surface area contributed by atoms with E-state index in [0.717, 1.165) is 57.8 Å². The Balaban J connectivity index is 3.50. The molecule has 0 bridgehead atoms. The van der Waals surface area contributed by atoms with Crippen LogP contribution in [0.15, 0.2) is 60.8 Å². The predicted molar refractivity (Wildman–Crippen MR) is 258 cm³/mol. The van der Waals surface area contributed by atoms with Crippen LogP contribution < -0.4 is 5.32 Å². The van der Waals surface area contributed by atoms with Crippen molar-refractivity contribution in [2.24, 2.45) is 0 Å². The number of nitrogens with one attached hydrogen (secondary N) is 1. The molecule has 1 amide bonds. The van der Waals surface area contributed by atoms with Crippen LogP contribution in [0.4, 0.5) is 0 Å². The van der Waals surface area contributed by atoms with Crippen molar-refractivity contribution in [3.05, 3.63) is 60.8 Å². The number of aliphatic hydroxyl groups excluding tert-OH is 2. The normalized spacial score (nSPS) is 13.4. The number of carbonyl (C=O) groups excluding carboxylic acids is 1. The van der Waals surface area contributed by atoms with Crippen molar-refractivity contribution in [3.63, 3.8) is 0 Å². The van der Waals surface area contributed by atoms with Crippen molar-refractivity contribution in [2.75, 3.05) is 6.61 Å². The lowest BCUT2D eigenvalue weighted by Gasteiger charge is -2.22. The van der Waals surface area contributed by atoms with Gasteiger partial charge in [0.05, 0.1) is 18.8 Å². The smallest absolute Gasteiger partial charge is 0.220 e. The molecule has 0 saturated carbocycles. The number of unbranched alkanes of at least 4 members (excludes halogenated alkanes) is 29. The zero-order valence-electron chi connectivity index (χ0n) is 38.8. The molecule has 0 aromatic carbocycles. The molecule has 2 atom stereocenters. The van der Waals surface area contributed by atoms with Gasteiger partial charge in [-0.05, 0) is 57.8 Å². The van der Waals surface area contributed by atoms with Gasteiger partial charge in [0.25, 0.3) is 0 Å². The maximum Gasteiger partial charge on any atom is 0.220 e. The molecule has 0 aromatic rings. The van der Waals surface area contributed by atoms with Gasteiger partial charge in [0.2, 0.25) is 5.91 Å². The highest BCUT2D eigenvalue weighted by molar-refractivity contribution is 5.76. The van der Waals surface area contributed by atoms with Crippen LogP contribution in [0.3, 0.4) is 0 Å². The van der Waals surface area contributed by atoms with Gasteiger partial charge in [0.1, 0.15) is 0 Å². The standard InChI is InChI=1S/C54H99NO3/c1-3-5-7-9-11-13-15-17-19-21-22-23-24-25-26-27-28-29-30-31-32-34-36-38-40-42-44-46-48-50-54(58)55-52(51-56)53(57)49-47-45-43-41-39-37-35-33-20-18-16-14-12-10-8-6-4-2/h5,7,11,13,17,19,22-23,25-26,52-53,56-57H,3-4,6,8-10,12,14-16,18,20-21,24,27-51H2,1-2H3,(H,55,58)/b7-5-,13-11-,19-17-,23-22-,26-25-. The Labute approximate surface area is 362 Å². The Kier molecular flexibility index (Phi) is 47.8. The summed E-state index contributed by atoms with van der Waals surface area (Å²) in [5, 5.41) is 23.3. The summed E-state index contributed by atoms with van der Waals surface area (Å²) >= 11 is 0. The molecule has 0 aliphatic carbocycles. The molecule has 0 aliphatic rings. The third-order valence-corrected chi connectivity index (χ3v) is 11.5. The van der Waals surface area contributed by atoms with E-state index in [0.29, 0.717) is 12.8 Å². The number of aliphatic hydroxyl groups is 2. The average Bonchev–Trinajstić information content (AvgIpc) is 3.23. The Morgan fingerprint density at radius 2 is 0.759 bits per heavy atom. The predicted octanol–water partition coefficient (Wildman–Crippen LogP) is 16.5. The first-order chi connectivity index (χ1) is 28.7. The third-order valence-electron chi connectivity index (χ3n) is 11.5. The Bertz CT molecular complexity index is 965. The van der Waals surface area contributed by atoms with Crippen molar-refractivity contribution in [2.45, 2.75) is 270 Å². The molecule has 0 radical (unpaired) electrons. The first-order valence-electron chi connectivity index (χ1n) is 25.5. The van der Waals surface area contributed by atoms with Gasteiger partial charge in [-0.15, -0.1) is 0 Å². The van der Waals surface area contributed by atoms with Crippen LogP contribution >= 0.6 is 0 Å². The van der Waals surface area contributed by atoms with E-state index in [1.54, 1.807) is 0 Å². The summed E-state index contributed by atoms with van der Waals surface area (Å²) in [6, 6.07) is -0.539. The lowest BCUT2D eigenvalue weighted by Crippen LogP contribution is -2.45. The molecule has 4 nitrogen and oxygen atoms in total. The number of hydrogen-bond donors (Lipinski definition) is 3. The van der Waals surface area contributed by atoms with Crippen molar-refractivity contribution in [1.82, 2.24) is 5.32 Å². The minimum atomic E-state index is -0.662. The number of allylic oxidation sites excluding steroid dienone is 10. The fraction of sp³-hybridized carbons (Fsp3) is 0.796. The monoisotopic (exact) mass is 810 g/mol. The van der Waals surface area contributed by atoms with Crippen LogP contribution in [-0.2, 0) is 4.79 Å². The van der Waals surface area contributed by atoms with Crippen LogP contribution in [-0.4, -0.2) is 34.9 Å². The minimum absolute atomic E-state index is 0.0327. The van der Waals surface area contributed by atoms with E-state index in [9.17, 15) is 15.0 Å². The first-order valence-corrected chi connectivity index (χ1v) is 25.5. The number of rotatable bonds is 46. The van der Waals surface area contributed by atoms with Crippen LogP contribution in [0.1, 0.15) is 258 Å². The molecule has 58 heavy (non-hydrogen) atoms. The van der Waals surface area contributed by atoms with E-state index >= 15 is 0 Å². The second-order valence-electron chi connectivity index (χ2n) is 17.2. The molecule has 2 unspecified atom stereocenters. The zero-order chi connectivity index (χ0) is 42.1. The summed E-state index contributed by atoms with van der Waals surface area (Å²) in [5.74, 6) is -0.0327. The van der Waals surface area contributed by atoms with Gasteiger partial charge in [-0.1, -0.05) is 254 Å². The zero-order valence-corrected chi connectivity index (χ0v) is 38.8. The first kappa shape index (κ1) is 56.1. The maximum atomic E-state index is 12.5. The maximum absolute atomic E-state index is 12.5. The van der Waals surface area contributed by atoms with Crippen molar-refractivity contribution < 1.29 is 15.0 Å². The van der Waals surface area contributed by atoms with Gasteiger partial charge in [-0.3, -0.25) is 4.79 Å². The van der Waals surface area contributed by atoms with Gasteiger partial charge >= 0.3 is 0 Å². The van der Waals surface area contributed by atoms with E-state index in [-0.39, 0.29) is 12.5 Å². The Morgan fingerprint density at radius 3 is 1.14 bits per heavy atom. The number of hydrogen-bond acceptors (Lipinski definition) is 3. The number of carbonyl (C=O) groups is 1. The highest BCUT2D eigenvalue weighted by Gasteiger charge is 2.20. The molecule has 0 saturated heterocycles. The molecule has 0 heterocycles. The third kappa shape index (κ3) is 45.2. The quantitative estimate of drug-likeness (QED) is 0.0424. The van der Waals surface area contributed by atoms with E-state index in [2.05, 4.69) is 79.9 Å². The van der Waals surface area contributed by atoms with E-state index < -0.39 is 12.1 Å². The summed E-state index contributed by atoms with van der Waals surface area (Å²) in [5.41, 5.74) is 0. The molecule has 0 aromatic heterocycles. The van der Waals surface area contributed by atoms with Crippen molar-refractivity contribution in [3.8, 4) is 0 Å². The van der Waals surface area contributed by atoms with Crippen LogP contribution in [0.25, 0.3) is 0 Å². The van der Waals surface area contributed by atoms with Crippen LogP contribution in [0.5, 0.6) is 0 Å². The molecule has 3 N–H and O–H groups in total. The summed E-state index contributed by atoms with van der Waals surface area (Å²) in [6.45, 7) is 4.26. The van der Waals surface area contributed by atoms with Gasteiger partial charge in [0, 0.05) is 6.42 Å². The molecular formula is C54H99NO3. The summed E-state index contributed by atoms with van der Waals surface area (Å²) < 4.78 is 0. The molecule has 0 spiro atoms. The molecule has 0 fully saturated rings. The van der Waals surface area contributed by atoms with Crippen LogP contribution in [0.2, 0.25) is 0 Å².